The molecular formula is C13H10Br2O3. The number of hydrogen-bond donors (Lipinski definition) is 0. The summed E-state index contributed by atoms with van der Waals surface area (Å²) in [6, 6.07) is 7.10. The fourth-order valence-corrected chi connectivity index (χ4v) is 2.90. The Balaban J connectivity index is 3.03. The quantitative estimate of drug-likeness (QED) is 0.804. The molecule has 0 heterocycles. The molecule has 0 bridgehead atoms. The summed E-state index contributed by atoms with van der Waals surface area (Å²) in [7, 11) is 3.19. The van der Waals surface area contributed by atoms with Crippen LogP contribution in [-0.4, -0.2) is 14.2 Å². The maximum atomic E-state index is 11.9. The highest BCUT2D eigenvalue weighted by molar-refractivity contribution is 9.11. The summed E-state index contributed by atoms with van der Waals surface area (Å²) in [6.45, 7) is 0. The third-order valence-electron chi connectivity index (χ3n) is 2.62. The molecule has 0 spiro atoms. The Morgan fingerprint density at radius 3 is 1.61 bits per heavy atom. The second-order valence-electron chi connectivity index (χ2n) is 3.61. The Kier molecular flexibility index (Phi) is 3.92. The van der Waals surface area contributed by atoms with Crippen molar-refractivity contribution in [2.45, 2.75) is 0 Å². The van der Waals surface area contributed by atoms with Crippen molar-refractivity contribution in [2.75, 3.05) is 14.2 Å². The molecule has 0 N–H and O–H groups in total. The summed E-state index contributed by atoms with van der Waals surface area (Å²) in [5.74, 6) is 1.38. The standard InChI is InChI=1S/C13H10Br2O3/c1-17-11-3-4-12(18-2)8-6-10(15)13(16)9(14)5-7(8)11/h3-6H,1-2H3. The third kappa shape index (κ3) is 2.24. The number of hydrogen-bond acceptors (Lipinski definition) is 3. The van der Waals surface area contributed by atoms with E-state index in [0.29, 0.717) is 20.4 Å². The highest BCUT2D eigenvalue weighted by atomic mass is 79.9. The van der Waals surface area contributed by atoms with Gasteiger partial charge in [0.2, 0.25) is 5.43 Å². The molecule has 0 aliphatic rings. The van der Waals surface area contributed by atoms with Gasteiger partial charge >= 0.3 is 0 Å². The zero-order chi connectivity index (χ0) is 13.3. The summed E-state index contributed by atoms with van der Waals surface area (Å²) < 4.78 is 11.6. The maximum absolute atomic E-state index is 11.9. The van der Waals surface area contributed by atoms with Crippen molar-refractivity contribution >= 4 is 42.6 Å². The first-order valence-corrected chi connectivity index (χ1v) is 6.71. The van der Waals surface area contributed by atoms with E-state index in [2.05, 4.69) is 31.9 Å². The zero-order valence-corrected chi connectivity index (χ0v) is 13.0. The van der Waals surface area contributed by atoms with Gasteiger partial charge in [-0.3, -0.25) is 4.79 Å². The van der Waals surface area contributed by atoms with Gasteiger partial charge in [-0.2, -0.15) is 0 Å². The van der Waals surface area contributed by atoms with Gasteiger partial charge in [-0.1, -0.05) is 0 Å². The molecule has 0 aromatic heterocycles. The molecular weight excluding hydrogens is 364 g/mol. The normalized spacial score (nSPS) is 10.4. The molecule has 2 rings (SSSR count). The molecule has 18 heavy (non-hydrogen) atoms. The molecule has 0 radical (unpaired) electrons. The first kappa shape index (κ1) is 13.4. The van der Waals surface area contributed by atoms with Gasteiger partial charge in [0, 0.05) is 10.8 Å². The van der Waals surface area contributed by atoms with Crippen LogP contribution in [0.3, 0.4) is 0 Å². The van der Waals surface area contributed by atoms with Gasteiger partial charge in [0.25, 0.3) is 0 Å². The molecule has 0 aliphatic heterocycles. The van der Waals surface area contributed by atoms with Crippen molar-refractivity contribution in [1.29, 1.82) is 0 Å². The molecule has 0 atom stereocenters. The molecule has 2 aromatic carbocycles. The molecule has 0 amide bonds. The van der Waals surface area contributed by atoms with Gasteiger partial charge in [-0.25, -0.2) is 0 Å². The average molecular weight is 374 g/mol. The van der Waals surface area contributed by atoms with Crippen LogP contribution in [0, 0.1) is 0 Å². The Hall–Kier alpha value is -1.07. The van der Waals surface area contributed by atoms with Crippen LogP contribution >= 0.6 is 31.9 Å². The van der Waals surface area contributed by atoms with Gasteiger partial charge in [-0.15, -0.1) is 0 Å². The minimum atomic E-state index is -0.115. The summed E-state index contributed by atoms with van der Waals surface area (Å²) in [5.41, 5.74) is -0.115. The Morgan fingerprint density at radius 1 is 0.889 bits per heavy atom. The SMILES string of the molecule is COc1ccc(OC)c2cc(Br)c(=O)c(Br)cc12. The molecule has 0 aliphatic carbocycles. The van der Waals surface area contributed by atoms with Crippen molar-refractivity contribution in [3.63, 3.8) is 0 Å². The van der Waals surface area contributed by atoms with Crippen LogP contribution in [0.4, 0.5) is 0 Å². The molecule has 0 fully saturated rings. The number of ether oxygens (including phenoxy) is 2. The van der Waals surface area contributed by atoms with Crippen LogP contribution in [0.5, 0.6) is 11.5 Å². The number of methoxy groups -OCH3 is 2. The highest BCUT2D eigenvalue weighted by Gasteiger charge is 2.10. The molecule has 2 aromatic rings. The second kappa shape index (κ2) is 5.28. The van der Waals surface area contributed by atoms with Gasteiger partial charge in [0.05, 0.1) is 23.2 Å². The second-order valence-corrected chi connectivity index (χ2v) is 5.32. The topological polar surface area (TPSA) is 35.5 Å². The highest BCUT2D eigenvalue weighted by Crippen LogP contribution is 2.34. The lowest BCUT2D eigenvalue weighted by Gasteiger charge is -2.07. The van der Waals surface area contributed by atoms with Gasteiger partial charge in [0.15, 0.2) is 0 Å². The minimum absolute atomic E-state index is 0.115. The van der Waals surface area contributed by atoms with Crippen molar-refractivity contribution in [3.8, 4) is 11.5 Å². The number of rotatable bonds is 2. The van der Waals surface area contributed by atoms with Crippen molar-refractivity contribution in [3.05, 3.63) is 43.4 Å². The van der Waals surface area contributed by atoms with Gasteiger partial charge in [-0.05, 0) is 56.1 Å². The summed E-state index contributed by atoms with van der Waals surface area (Å²) in [6.07, 6.45) is 0. The minimum Gasteiger partial charge on any atom is -0.496 e. The maximum Gasteiger partial charge on any atom is 0.206 e. The van der Waals surface area contributed by atoms with E-state index in [1.807, 2.05) is 12.1 Å². The molecule has 3 nitrogen and oxygen atoms in total. The molecule has 94 valence electrons. The van der Waals surface area contributed by atoms with Crippen molar-refractivity contribution < 1.29 is 9.47 Å². The van der Waals surface area contributed by atoms with Gasteiger partial charge in [0.1, 0.15) is 11.5 Å². The summed E-state index contributed by atoms with van der Waals surface area (Å²) in [4.78, 5) is 11.9. The van der Waals surface area contributed by atoms with Crippen molar-refractivity contribution in [2.24, 2.45) is 0 Å². The smallest absolute Gasteiger partial charge is 0.206 e. The predicted octanol–water partition coefficient (Wildman–Crippen LogP) is 3.74. The largest absolute Gasteiger partial charge is 0.496 e. The summed E-state index contributed by atoms with van der Waals surface area (Å²) >= 11 is 6.54. The van der Waals surface area contributed by atoms with E-state index in [9.17, 15) is 4.79 Å². The first-order chi connectivity index (χ1) is 8.58. The number of benzene rings is 1. The van der Waals surface area contributed by atoms with Gasteiger partial charge < -0.3 is 9.47 Å². The average Bonchev–Trinajstić information content (AvgIpc) is 2.48. The van der Waals surface area contributed by atoms with E-state index < -0.39 is 0 Å². The van der Waals surface area contributed by atoms with E-state index >= 15 is 0 Å². The lowest BCUT2D eigenvalue weighted by molar-refractivity contribution is 0.410. The van der Waals surface area contributed by atoms with E-state index in [4.69, 9.17) is 9.47 Å². The number of fused-ring (bicyclic) bond motifs is 1. The molecule has 0 saturated heterocycles. The predicted molar refractivity (Wildman–Crippen MR) is 78.7 cm³/mol. The Bertz CT molecular complexity index is 613. The molecule has 0 unspecified atom stereocenters. The van der Waals surface area contributed by atoms with Crippen molar-refractivity contribution in [1.82, 2.24) is 0 Å². The fraction of sp³-hybridized carbons (Fsp3) is 0.154. The van der Waals surface area contributed by atoms with E-state index in [-0.39, 0.29) is 5.43 Å². The van der Waals surface area contributed by atoms with Crippen LogP contribution in [0.1, 0.15) is 0 Å². The van der Waals surface area contributed by atoms with Crippen LogP contribution in [0.15, 0.2) is 38.0 Å². The Labute approximate surface area is 121 Å². The van der Waals surface area contributed by atoms with E-state index in [1.54, 1.807) is 26.4 Å². The van der Waals surface area contributed by atoms with Crippen LogP contribution in [0.25, 0.3) is 10.8 Å². The van der Waals surface area contributed by atoms with Crippen LogP contribution in [0.2, 0.25) is 0 Å². The number of halogens is 2. The third-order valence-corrected chi connectivity index (χ3v) is 3.80. The Morgan fingerprint density at radius 2 is 1.28 bits per heavy atom. The molecule has 0 saturated carbocycles. The molecule has 5 heteroatoms. The van der Waals surface area contributed by atoms with Crippen LogP contribution in [-0.2, 0) is 0 Å². The van der Waals surface area contributed by atoms with E-state index in [0.717, 1.165) is 10.8 Å². The first-order valence-electron chi connectivity index (χ1n) is 5.12. The summed E-state index contributed by atoms with van der Waals surface area (Å²) in [5, 5.41) is 1.62. The zero-order valence-electron chi connectivity index (χ0n) is 9.79. The fourth-order valence-electron chi connectivity index (χ4n) is 1.75. The van der Waals surface area contributed by atoms with E-state index in [1.165, 1.54) is 0 Å². The van der Waals surface area contributed by atoms with Crippen LogP contribution < -0.4 is 14.9 Å². The lowest BCUT2D eigenvalue weighted by Crippen LogP contribution is -1.97. The monoisotopic (exact) mass is 372 g/mol. The lowest BCUT2D eigenvalue weighted by atomic mass is 10.1.